The lowest BCUT2D eigenvalue weighted by Crippen LogP contribution is -2.29. The number of nitrogens with zero attached hydrogens (tertiary/aromatic N) is 3. The van der Waals surface area contributed by atoms with Gasteiger partial charge in [0, 0.05) is 32.9 Å². The van der Waals surface area contributed by atoms with Gasteiger partial charge in [0.1, 0.15) is 11.9 Å². The Balaban J connectivity index is 1.49. The lowest BCUT2D eigenvalue weighted by Gasteiger charge is -2.19. The van der Waals surface area contributed by atoms with E-state index in [-0.39, 0.29) is 35.7 Å². The molecule has 1 amide bonds. The van der Waals surface area contributed by atoms with Crippen molar-refractivity contribution in [3.05, 3.63) is 47.4 Å². The average molecular weight is 345 g/mol. The predicted octanol–water partition coefficient (Wildman–Crippen LogP) is 2.79. The van der Waals surface area contributed by atoms with Crippen LogP contribution in [0.1, 0.15) is 55.0 Å². The van der Waals surface area contributed by atoms with Crippen molar-refractivity contribution in [1.29, 1.82) is 0 Å². The minimum absolute atomic E-state index is 0.0165. The summed E-state index contributed by atoms with van der Waals surface area (Å²) >= 11 is 0. The number of methoxy groups -OCH3 is 1. The molecule has 2 aromatic rings. The largest absolute Gasteiger partial charge is 0.423 e. The Morgan fingerprint density at radius 3 is 2.60 bits per heavy atom. The van der Waals surface area contributed by atoms with Gasteiger partial charge in [-0.05, 0) is 30.0 Å². The van der Waals surface area contributed by atoms with Crippen LogP contribution in [-0.4, -0.2) is 40.8 Å². The van der Waals surface area contributed by atoms with Crippen LogP contribution in [0.15, 0.2) is 28.7 Å². The van der Waals surface area contributed by atoms with Crippen molar-refractivity contribution < 1.29 is 18.3 Å². The van der Waals surface area contributed by atoms with Crippen molar-refractivity contribution in [2.75, 3.05) is 13.7 Å². The third-order valence-electron chi connectivity index (χ3n) is 5.15. The molecule has 1 aliphatic carbocycles. The van der Waals surface area contributed by atoms with Crippen molar-refractivity contribution in [1.82, 2.24) is 15.1 Å². The van der Waals surface area contributed by atoms with Gasteiger partial charge in [-0.3, -0.25) is 4.79 Å². The fourth-order valence-corrected chi connectivity index (χ4v) is 3.63. The van der Waals surface area contributed by atoms with Gasteiger partial charge in [0.05, 0.1) is 6.10 Å². The maximum absolute atomic E-state index is 13.0. The Labute approximate surface area is 145 Å². The zero-order valence-electron chi connectivity index (χ0n) is 14.2. The van der Waals surface area contributed by atoms with Crippen LogP contribution in [-0.2, 0) is 9.53 Å². The van der Waals surface area contributed by atoms with E-state index in [9.17, 15) is 9.18 Å². The molecule has 1 aromatic heterocycles. The van der Waals surface area contributed by atoms with Crippen LogP contribution in [0.25, 0.3) is 0 Å². The molecule has 4 rings (SSSR count). The molecule has 4 atom stereocenters. The van der Waals surface area contributed by atoms with Crippen LogP contribution in [0, 0.1) is 5.82 Å². The highest BCUT2D eigenvalue weighted by molar-refractivity contribution is 5.74. The number of hydrogen-bond acceptors (Lipinski definition) is 5. The highest BCUT2D eigenvalue weighted by Gasteiger charge is 2.45. The van der Waals surface area contributed by atoms with E-state index in [4.69, 9.17) is 9.15 Å². The first kappa shape index (κ1) is 16.2. The van der Waals surface area contributed by atoms with Crippen LogP contribution >= 0.6 is 0 Å². The zero-order valence-corrected chi connectivity index (χ0v) is 14.2. The van der Waals surface area contributed by atoms with Crippen molar-refractivity contribution >= 4 is 5.91 Å². The number of carbonyl (C=O) groups excluding carboxylic acids is 1. The summed E-state index contributed by atoms with van der Waals surface area (Å²) in [6, 6.07) is 6.31. The van der Waals surface area contributed by atoms with Gasteiger partial charge in [-0.15, -0.1) is 10.2 Å². The summed E-state index contributed by atoms with van der Waals surface area (Å²) in [5, 5.41) is 8.37. The highest BCUT2D eigenvalue weighted by Crippen LogP contribution is 2.54. The van der Waals surface area contributed by atoms with E-state index in [0.717, 1.165) is 12.0 Å². The monoisotopic (exact) mass is 345 g/mol. The molecule has 7 heteroatoms. The summed E-state index contributed by atoms with van der Waals surface area (Å²) in [6.07, 6.45) is 1.55. The number of ether oxygens (including phenoxy) is 1. The molecule has 0 unspecified atom stereocenters. The van der Waals surface area contributed by atoms with E-state index in [0.29, 0.717) is 24.7 Å². The Bertz CT molecular complexity index is 776. The van der Waals surface area contributed by atoms with Crippen LogP contribution in [0.4, 0.5) is 4.39 Å². The number of likely N-dealkylation sites (tertiary alicyclic amines) is 1. The molecule has 25 heavy (non-hydrogen) atoms. The van der Waals surface area contributed by atoms with Gasteiger partial charge in [0.2, 0.25) is 17.7 Å². The van der Waals surface area contributed by atoms with Gasteiger partial charge < -0.3 is 14.1 Å². The standard InChI is InChI=1S/C18H20FN3O3/c1-10(23)22-9-13(24-2)7-16(22)18-21-20-17(25-18)15-8-14(15)11-3-5-12(19)6-4-11/h3-6,13-16H,7-9H2,1-2H3/t13-,14-,15+,16+/m0/s1. The molecule has 1 aromatic carbocycles. The summed E-state index contributed by atoms with van der Waals surface area (Å²) in [5.41, 5.74) is 1.08. The summed E-state index contributed by atoms with van der Waals surface area (Å²) < 4.78 is 24.3. The zero-order chi connectivity index (χ0) is 17.6. The van der Waals surface area contributed by atoms with Crippen LogP contribution in [0.2, 0.25) is 0 Å². The van der Waals surface area contributed by atoms with E-state index in [1.54, 1.807) is 24.1 Å². The molecular formula is C18H20FN3O3. The fraction of sp³-hybridized carbons (Fsp3) is 0.500. The van der Waals surface area contributed by atoms with Gasteiger partial charge in [0.15, 0.2) is 0 Å². The van der Waals surface area contributed by atoms with Crippen LogP contribution < -0.4 is 0 Å². The third kappa shape index (κ3) is 3.04. The van der Waals surface area contributed by atoms with E-state index >= 15 is 0 Å². The number of benzene rings is 1. The fourth-order valence-electron chi connectivity index (χ4n) is 3.63. The third-order valence-corrected chi connectivity index (χ3v) is 5.15. The smallest absolute Gasteiger partial charge is 0.239 e. The normalized spacial score (nSPS) is 28.4. The maximum Gasteiger partial charge on any atom is 0.239 e. The van der Waals surface area contributed by atoms with Crippen molar-refractivity contribution in [2.45, 2.75) is 43.7 Å². The average Bonchev–Trinajstić information content (AvgIpc) is 3.06. The Hall–Kier alpha value is -2.28. The molecule has 1 saturated heterocycles. The molecule has 0 radical (unpaired) electrons. The first-order chi connectivity index (χ1) is 12.1. The van der Waals surface area contributed by atoms with Gasteiger partial charge in [-0.1, -0.05) is 12.1 Å². The number of aromatic nitrogens is 2. The van der Waals surface area contributed by atoms with E-state index in [1.165, 1.54) is 19.1 Å². The number of carbonyl (C=O) groups is 1. The first-order valence-corrected chi connectivity index (χ1v) is 8.45. The van der Waals surface area contributed by atoms with Crippen molar-refractivity contribution in [3.63, 3.8) is 0 Å². The minimum Gasteiger partial charge on any atom is -0.423 e. The SMILES string of the molecule is CO[C@H]1C[C@H](c2nnc([C@@H]3C[C@H]3c3ccc(F)cc3)o2)N(C(C)=O)C1. The topological polar surface area (TPSA) is 68.5 Å². The summed E-state index contributed by atoms with van der Waals surface area (Å²) in [4.78, 5) is 13.6. The van der Waals surface area contributed by atoms with Gasteiger partial charge in [0.25, 0.3) is 0 Å². The van der Waals surface area contributed by atoms with Crippen molar-refractivity contribution in [2.24, 2.45) is 0 Å². The number of rotatable bonds is 4. The molecule has 1 aliphatic heterocycles. The molecule has 0 N–H and O–H groups in total. The van der Waals surface area contributed by atoms with E-state index < -0.39 is 0 Å². The maximum atomic E-state index is 13.0. The summed E-state index contributed by atoms with van der Waals surface area (Å²) in [5.74, 6) is 1.24. The minimum atomic E-state index is -0.237. The van der Waals surface area contributed by atoms with E-state index in [2.05, 4.69) is 10.2 Å². The Morgan fingerprint density at radius 2 is 1.92 bits per heavy atom. The van der Waals surface area contributed by atoms with E-state index in [1.807, 2.05) is 0 Å². The molecule has 2 heterocycles. The van der Waals surface area contributed by atoms with Gasteiger partial charge >= 0.3 is 0 Å². The summed E-state index contributed by atoms with van der Waals surface area (Å²) in [7, 11) is 1.64. The van der Waals surface area contributed by atoms with Gasteiger partial charge in [-0.2, -0.15) is 0 Å². The van der Waals surface area contributed by atoms with Crippen LogP contribution in [0.3, 0.4) is 0 Å². The molecule has 2 fully saturated rings. The second kappa shape index (κ2) is 6.22. The lowest BCUT2D eigenvalue weighted by atomic mass is 10.1. The van der Waals surface area contributed by atoms with Gasteiger partial charge in [-0.25, -0.2) is 4.39 Å². The second-order valence-electron chi connectivity index (χ2n) is 6.76. The quantitative estimate of drug-likeness (QED) is 0.852. The number of amides is 1. The molecule has 0 bridgehead atoms. The molecule has 132 valence electrons. The van der Waals surface area contributed by atoms with Crippen LogP contribution in [0.5, 0.6) is 0 Å². The highest BCUT2D eigenvalue weighted by atomic mass is 19.1. The lowest BCUT2D eigenvalue weighted by molar-refractivity contribution is -0.130. The van der Waals surface area contributed by atoms with Crippen molar-refractivity contribution in [3.8, 4) is 0 Å². The molecule has 1 saturated carbocycles. The number of halogens is 1. The molecule has 2 aliphatic rings. The Kier molecular flexibility index (Phi) is 4.03. The predicted molar refractivity (Wildman–Crippen MR) is 86.3 cm³/mol. The first-order valence-electron chi connectivity index (χ1n) is 8.45. The number of hydrogen-bond donors (Lipinski definition) is 0. The molecule has 0 spiro atoms. The molecular weight excluding hydrogens is 325 g/mol. The summed E-state index contributed by atoms with van der Waals surface area (Å²) in [6.45, 7) is 2.07. The Morgan fingerprint density at radius 1 is 1.20 bits per heavy atom. The molecule has 6 nitrogen and oxygen atoms in total. The second-order valence-corrected chi connectivity index (χ2v) is 6.76.